The third kappa shape index (κ3) is 3.86. The van der Waals surface area contributed by atoms with Gasteiger partial charge in [0.1, 0.15) is 0 Å². The van der Waals surface area contributed by atoms with Gasteiger partial charge >= 0.3 is 0 Å². The van der Waals surface area contributed by atoms with Crippen molar-refractivity contribution in [1.29, 1.82) is 0 Å². The highest BCUT2D eigenvalue weighted by atomic mass is 32.2. The zero-order valence-corrected chi connectivity index (χ0v) is 27.0. The Labute approximate surface area is 285 Å². The van der Waals surface area contributed by atoms with E-state index in [0.29, 0.717) is 0 Å². The summed E-state index contributed by atoms with van der Waals surface area (Å²) in [4.78, 5) is 2.66. The summed E-state index contributed by atoms with van der Waals surface area (Å²) in [6.07, 6.45) is 0. The van der Waals surface area contributed by atoms with Gasteiger partial charge in [-0.1, -0.05) is 182 Å². The van der Waals surface area contributed by atoms with Gasteiger partial charge in [-0.05, 0) is 84.3 Å². The van der Waals surface area contributed by atoms with Crippen molar-refractivity contribution < 1.29 is 0 Å². The summed E-state index contributed by atoms with van der Waals surface area (Å²) in [5.74, 6) is 0. The van der Waals surface area contributed by atoms with E-state index in [-0.39, 0.29) is 0 Å². The maximum atomic E-state index is 2.35. The third-order valence-corrected chi connectivity index (χ3v) is 11.5. The van der Waals surface area contributed by atoms with Crippen LogP contribution in [0.5, 0.6) is 0 Å². The van der Waals surface area contributed by atoms with Crippen molar-refractivity contribution in [3.05, 3.63) is 204 Å². The molecule has 0 nitrogen and oxygen atoms in total. The van der Waals surface area contributed by atoms with Crippen LogP contribution in [0, 0.1) is 0 Å². The molecule has 0 fully saturated rings. The average molecular weight is 627 g/mol. The van der Waals surface area contributed by atoms with E-state index in [0.717, 1.165) is 0 Å². The molecule has 1 aliphatic heterocycles. The molecule has 10 rings (SSSR count). The van der Waals surface area contributed by atoms with Crippen LogP contribution in [0.25, 0.3) is 55.3 Å². The molecule has 0 N–H and O–H groups in total. The molecule has 8 aromatic rings. The van der Waals surface area contributed by atoms with Crippen LogP contribution in [0.4, 0.5) is 0 Å². The number of rotatable bonds is 4. The molecule has 0 amide bonds. The summed E-state index contributed by atoms with van der Waals surface area (Å²) in [7, 11) is 0. The Balaban J connectivity index is 1.14. The van der Waals surface area contributed by atoms with Crippen molar-refractivity contribution in [3.63, 3.8) is 0 Å². The lowest BCUT2D eigenvalue weighted by Crippen LogP contribution is -2.28. The van der Waals surface area contributed by atoms with Gasteiger partial charge in [-0.2, -0.15) is 0 Å². The van der Waals surface area contributed by atoms with Gasteiger partial charge in [-0.25, -0.2) is 0 Å². The smallest absolute Gasteiger partial charge is 0.0713 e. The zero-order chi connectivity index (χ0) is 31.7. The summed E-state index contributed by atoms with van der Waals surface area (Å²) in [6.45, 7) is 0. The Morgan fingerprint density at radius 1 is 0.333 bits per heavy atom. The molecule has 0 saturated carbocycles. The lowest BCUT2D eigenvalue weighted by molar-refractivity contribution is 0.768. The first-order valence-electron chi connectivity index (χ1n) is 16.6. The van der Waals surface area contributed by atoms with Crippen LogP contribution in [0.2, 0.25) is 0 Å². The van der Waals surface area contributed by atoms with Crippen LogP contribution in [0.15, 0.2) is 192 Å². The van der Waals surface area contributed by atoms with Gasteiger partial charge in [0.05, 0.1) is 5.41 Å². The minimum absolute atomic E-state index is 0.398. The largest absolute Gasteiger partial charge is 0.0888 e. The van der Waals surface area contributed by atoms with Crippen molar-refractivity contribution in [2.24, 2.45) is 0 Å². The van der Waals surface area contributed by atoms with E-state index < -0.39 is 5.41 Å². The molecule has 224 valence electrons. The van der Waals surface area contributed by atoms with Crippen LogP contribution in [-0.4, -0.2) is 0 Å². The molecule has 0 unspecified atom stereocenters. The van der Waals surface area contributed by atoms with E-state index in [1.807, 2.05) is 11.8 Å². The minimum atomic E-state index is -0.398. The van der Waals surface area contributed by atoms with E-state index in [1.165, 1.54) is 87.3 Å². The van der Waals surface area contributed by atoms with Crippen LogP contribution in [0.1, 0.15) is 22.3 Å². The van der Waals surface area contributed by atoms with E-state index in [1.54, 1.807) is 0 Å². The van der Waals surface area contributed by atoms with Crippen LogP contribution < -0.4 is 0 Å². The molecule has 1 aliphatic carbocycles. The molecular formula is C47H30S. The third-order valence-electron chi connectivity index (χ3n) is 10.4. The first kappa shape index (κ1) is 27.5. The highest BCUT2D eigenvalue weighted by molar-refractivity contribution is 7.99. The SMILES string of the molecule is c1ccc(C2(c3ccccc3)c3ccccc3-c3c(-c4ccc(-c5ccc6c7c(cccc57)-c5ccccc5S6)cc4)cccc32)cc1. The molecule has 0 spiro atoms. The molecule has 8 aromatic carbocycles. The van der Waals surface area contributed by atoms with Crippen LogP contribution >= 0.6 is 11.8 Å². The van der Waals surface area contributed by atoms with Crippen molar-refractivity contribution in [1.82, 2.24) is 0 Å². The maximum absolute atomic E-state index is 2.35. The lowest BCUT2D eigenvalue weighted by atomic mass is 9.67. The van der Waals surface area contributed by atoms with Crippen molar-refractivity contribution >= 4 is 22.5 Å². The second-order valence-corrected chi connectivity index (χ2v) is 13.9. The van der Waals surface area contributed by atoms with Gasteiger partial charge < -0.3 is 0 Å². The normalized spacial score (nSPS) is 13.5. The molecule has 0 radical (unpaired) electrons. The molecule has 1 heterocycles. The van der Waals surface area contributed by atoms with Crippen molar-refractivity contribution in [3.8, 4) is 44.5 Å². The lowest BCUT2D eigenvalue weighted by Gasteiger charge is -2.34. The standard InChI is InChI=1S/C47H30S/c1-3-13-33(14-4-1)47(34-15-5-2-6-16-34)41-22-9-7-18-40(41)45-36(19-12-23-42(45)47)32-27-25-31(26-28-32)35-29-30-44-46-38(35)20-11-21-39(46)37-17-8-10-24-43(37)48-44/h1-30H. The predicted octanol–water partition coefficient (Wildman–Crippen LogP) is 12.7. The highest BCUT2D eigenvalue weighted by Crippen LogP contribution is 2.58. The van der Waals surface area contributed by atoms with E-state index in [9.17, 15) is 0 Å². The van der Waals surface area contributed by atoms with Crippen LogP contribution in [-0.2, 0) is 5.41 Å². The second-order valence-electron chi connectivity index (χ2n) is 12.8. The Morgan fingerprint density at radius 3 is 1.65 bits per heavy atom. The van der Waals surface area contributed by atoms with Gasteiger partial charge in [0, 0.05) is 15.2 Å². The van der Waals surface area contributed by atoms with E-state index in [4.69, 9.17) is 0 Å². The zero-order valence-electron chi connectivity index (χ0n) is 26.2. The van der Waals surface area contributed by atoms with Crippen LogP contribution in [0.3, 0.4) is 0 Å². The van der Waals surface area contributed by atoms with Gasteiger partial charge in [0.2, 0.25) is 0 Å². The molecule has 48 heavy (non-hydrogen) atoms. The topological polar surface area (TPSA) is 0 Å². The average Bonchev–Trinajstić information content (AvgIpc) is 3.47. The number of hydrogen-bond acceptors (Lipinski definition) is 1. The van der Waals surface area contributed by atoms with Crippen molar-refractivity contribution in [2.45, 2.75) is 15.2 Å². The van der Waals surface area contributed by atoms with Gasteiger partial charge in [-0.3, -0.25) is 0 Å². The first-order valence-corrected chi connectivity index (χ1v) is 17.4. The number of benzene rings is 8. The quantitative estimate of drug-likeness (QED) is 0.187. The molecule has 0 bridgehead atoms. The molecule has 0 aromatic heterocycles. The highest BCUT2D eigenvalue weighted by Gasteiger charge is 2.46. The van der Waals surface area contributed by atoms with Crippen molar-refractivity contribution in [2.75, 3.05) is 0 Å². The first-order chi connectivity index (χ1) is 23.8. The monoisotopic (exact) mass is 626 g/mol. The van der Waals surface area contributed by atoms with E-state index >= 15 is 0 Å². The molecular weight excluding hydrogens is 597 g/mol. The van der Waals surface area contributed by atoms with Gasteiger partial charge in [0.15, 0.2) is 0 Å². The van der Waals surface area contributed by atoms with E-state index in [2.05, 4.69) is 182 Å². The van der Waals surface area contributed by atoms with Gasteiger partial charge in [-0.15, -0.1) is 0 Å². The Kier molecular flexibility index (Phi) is 6.13. The Bertz CT molecular complexity index is 2470. The fourth-order valence-electron chi connectivity index (χ4n) is 8.40. The Morgan fingerprint density at radius 2 is 0.896 bits per heavy atom. The van der Waals surface area contributed by atoms with Gasteiger partial charge in [0.25, 0.3) is 0 Å². The molecule has 2 aliphatic rings. The number of fused-ring (bicyclic) bond motifs is 5. The predicted molar refractivity (Wildman–Crippen MR) is 202 cm³/mol. The fraction of sp³-hybridized carbons (Fsp3) is 0.0213. The summed E-state index contributed by atoms with van der Waals surface area (Å²) in [5.41, 5.74) is 15.2. The molecule has 0 atom stereocenters. The fourth-order valence-corrected chi connectivity index (χ4v) is 9.52. The second kappa shape index (κ2) is 10.7. The maximum Gasteiger partial charge on any atom is 0.0713 e. The number of hydrogen-bond donors (Lipinski definition) is 0. The summed E-state index contributed by atoms with van der Waals surface area (Å²) < 4.78 is 0. The molecule has 0 saturated heterocycles. The minimum Gasteiger partial charge on any atom is -0.0888 e. The molecule has 1 heteroatoms. The summed E-state index contributed by atoms with van der Waals surface area (Å²) >= 11 is 1.88. The summed E-state index contributed by atoms with van der Waals surface area (Å²) in [6, 6.07) is 67.4. The Hall–Kier alpha value is -5.63. The summed E-state index contributed by atoms with van der Waals surface area (Å²) in [5, 5.41) is 2.67.